The number of rotatable bonds is 4. The molecule has 0 saturated carbocycles. The minimum atomic E-state index is -0.210. The normalized spacial score (nSPS) is 9.56. The summed E-state index contributed by atoms with van der Waals surface area (Å²) in [6.45, 7) is 0.544. The van der Waals surface area contributed by atoms with Crippen molar-refractivity contribution in [1.29, 1.82) is 0 Å². The summed E-state index contributed by atoms with van der Waals surface area (Å²) in [6.07, 6.45) is 6.50. The molecular weight excluding hydrogens is 245 g/mol. The van der Waals surface area contributed by atoms with Gasteiger partial charge in [0, 0.05) is 18.0 Å². The molecule has 0 atom stereocenters. The van der Waals surface area contributed by atoms with Crippen molar-refractivity contribution in [3.8, 4) is 12.3 Å². The van der Waals surface area contributed by atoms with E-state index in [1.165, 1.54) is 0 Å². The lowest BCUT2D eigenvalue weighted by Gasteiger charge is -2.05. The second kappa shape index (κ2) is 6.42. The average molecular weight is 256 g/mol. The number of terminal acetylenes is 1. The van der Waals surface area contributed by atoms with E-state index in [1.807, 2.05) is 0 Å². The molecule has 1 aromatic carbocycles. The Morgan fingerprint density at radius 1 is 1.44 bits per heavy atom. The Hall–Kier alpha value is -1.17. The molecule has 0 saturated heterocycles. The van der Waals surface area contributed by atoms with E-state index < -0.39 is 0 Å². The maximum atomic E-state index is 11.6. The van der Waals surface area contributed by atoms with Crippen LogP contribution < -0.4 is 5.32 Å². The minimum absolute atomic E-state index is 0.210. The van der Waals surface area contributed by atoms with Crippen molar-refractivity contribution >= 4 is 29.1 Å². The molecule has 84 valence electrons. The first kappa shape index (κ1) is 12.9. The zero-order valence-corrected chi connectivity index (χ0v) is 10.1. The first-order valence-corrected chi connectivity index (χ1v) is 5.57. The molecule has 0 aliphatic rings. The standard InChI is InChI=1S/C12H11Cl2NO/c1-2-3-4-7-15-12(16)10-6-5-9(13)8-11(10)14/h1,5-6,8H,3-4,7H2,(H,15,16). The number of halogens is 2. The topological polar surface area (TPSA) is 29.1 Å². The highest BCUT2D eigenvalue weighted by Gasteiger charge is 2.09. The Labute approximate surface area is 105 Å². The molecule has 2 nitrogen and oxygen atoms in total. The summed E-state index contributed by atoms with van der Waals surface area (Å²) in [5.41, 5.74) is 0.423. The van der Waals surface area contributed by atoms with Crippen LogP contribution in [0.5, 0.6) is 0 Å². The van der Waals surface area contributed by atoms with E-state index in [1.54, 1.807) is 18.2 Å². The molecule has 1 amide bonds. The van der Waals surface area contributed by atoms with E-state index in [9.17, 15) is 4.79 Å². The van der Waals surface area contributed by atoms with E-state index in [4.69, 9.17) is 29.6 Å². The van der Waals surface area contributed by atoms with Crippen LogP contribution in [0.2, 0.25) is 10.0 Å². The molecule has 1 aromatic rings. The van der Waals surface area contributed by atoms with Crippen molar-refractivity contribution in [2.24, 2.45) is 0 Å². The van der Waals surface area contributed by atoms with Gasteiger partial charge >= 0.3 is 0 Å². The minimum Gasteiger partial charge on any atom is -0.352 e. The van der Waals surface area contributed by atoms with Gasteiger partial charge < -0.3 is 5.32 Å². The van der Waals surface area contributed by atoms with E-state index in [2.05, 4.69) is 11.2 Å². The van der Waals surface area contributed by atoms with Crippen LogP contribution in [-0.4, -0.2) is 12.5 Å². The van der Waals surface area contributed by atoms with Gasteiger partial charge in [0.05, 0.1) is 10.6 Å². The van der Waals surface area contributed by atoms with Crippen LogP contribution in [0, 0.1) is 12.3 Å². The Morgan fingerprint density at radius 2 is 2.19 bits per heavy atom. The lowest BCUT2D eigenvalue weighted by atomic mass is 10.2. The van der Waals surface area contributed by atoms with Crippen LogP contribution in [0.4, 0.5) is 0 Å². The van der Waals surface area contributed by atoms with Crippen LogP contribution >= 0.6 is 23.2 Å². The van der Waals surface area contributed by atoms with Crippen molar-refractivity contribution < 1.29 is 4.79 Å². The molecule has 0 bridgehead atoms. The zero-order valence-electron chi connectivity index (χ0n) is 8.59. The molecule has 0 radical (unpaired) electrons. The van der Waals surface area contributed by atoms with Gasteiger partial charge in [0.25, 0.3) is 5.91 Å². The Morgan fingerprint density at radius 3 is 2.81 bits per heavy atom. The molecule has 0 aliphatic heterocycles. The van der Waals surface area contributed by atoms with Crippen LogP contribution in [-0.2, 0) is 0 Å². The number of unbranched alkanes of at least 4 members (excludes halogenated alkanes) is 1. The van der Waals surface area contributed by atoms with Gasteiger partial charge in [0.15, 0.2) is 0 Å². The van der Waals surface area contributed by atoms with E-state index >= 15 is 0 Å². The summed E-state index contributed by atoms with van der Waals surface area (Å²) < 4.78 is 0. The fraction of sp³-hybridized carbons (Fsp3) is 0.250. The third kappa shape index (κ3) is 3.77. The highest BCUT2D eigenvalue weighted by molar-refractivity contribution is 6.36. The van der Waals surface area contributed by atoms with Gasteiger partial charge in [0.2, 0.25) is 0 Å². The van der Waals surface area contributed by atoms with Gasteiger partial charge in [-0.3, -0.25) is 4.79 Å². The second-order valence-corrected chi connectivity index (χ2v) is 4.03. The van der Waals surface area contributed by atoms with Gasteiger partial charge in [-0.15, -0.1) is 12.3 Å². The fourth-order valence-electron chi connectivity index (χ4n) is 1.16. The molecule has 0 aliphatic carbocycles. The third-order valence-electron chi connectivity index (χ3n) is 1.96. The highest BCUT2D eigenvalue weighted by atomic mass is 35.5. The molecule has 1 rings (SSSR count). The summed E-state index contributed by atoms with van der Waals surface area (Å²) in [6, 6.07) is 4.77. The molecule has 0 heterocycles. The Balaban J connectivity index is 2.57. The van der Waals surface area contributed by atoms with Crippen molar-refractivity contribution in [2.45, 2.75) is 12.8 Å². The van der Waals surface area contributed by atoms with Crippen LogP contribution in [0.15, 0.2) is 18.2 Å². The van der Waals surface area contributed by atoms with E-state index in [0.29, 0.717) is 28.6 Å². The summed E-state index contributed by atoms with van der Waals surface area (Å²) in [7, 11) is 0. The first-order chi connectivity index (χ1) is 7.65. The number of carbonyl (C=O) groups excluding carboxylic acids is 1. The SMILES string of the molecule is C#CCCCNC(=O)c1ccc(Cl)cc1Cl. The third-order valence-corrected chi connectivity index (χ3v) is 2.51. The Bertz CT molecular complexity index is 424. The number of hydrogen-bond donors (Lipinski definition) is 1. The second-order valence-electron chi connectivity index (χ2n) is 3.19. The highest BCUT2D eigenvalue weighted by Crippen LogP contribution is 2.20. The number of amides is 1. The van der Waals surface area contributed by atoms with Gasteiger partial charge in [0.1, 0.15) is 0 Å². The molecule has 0 spiro atoms. The lowest BCUT2D eigenvalue weighted by molar-refractivity contribution is 0.0953. The van der Waals surface area contributed by atoms with Crippen molar-refractivity contribution in [3.05, 3.63) is 33.8 Å². The number of carbonyl (C=O) groups is 1. The average Bonchev–Trinajstić information content (AvgIpc) is 2.24. The molecule has 0 fully saturated rings. The van der Waals surface area contributed by atoms with Gasteiger partial charge in [-0.2, -0.15) is 0 Å². The molecule has 0 aromatic heterocycles. The quantitative estimate of drug-likeness (QED) is 0.650. The summed E-state index contributed by atoms with van der Waals surface area (Å²) >= 11 is 11.6. The Kier molecular flexibility index (Phi) is 5.18. The summed E-state index contributed by atoms with van der Waals surface area (Å²) in [4.78, 5) is 11.6. The molecule has 1 N–H and O–H groups in total. The molecule has 4 heteroatoms. The fourth-order valence-corrected chi connectivity index (χ4v) is 1.66. The zero-order chi connectivity index (χ0) is 12.0. The van der Waals surface area contributed by atoms with Crippen molar-refractivity contribution in [2.75, 3.05) is 6.54 Å². The first-order valence-electron chi connectivity index (χ1n) is 4.82. The number of hydrogen-bond acceptors (Lipinski definition) is 1. The van der Waals surface area contributed by atoms with Crippen molar-refractivity contribution in [3.63, 3.8) is 0 Å². The number of benzene rings is 1. The van der Waals surface area contributed by atoms with Crippen molar-refractivity contribution in [1.82, 2.24) is 5.32 Å². The summed E-state index contributed by atoms with van der Waals surface area (Å²) in [5.74, 6) is 2.30. The lowest BCUT2D eigenvalue weighted by Crippen LogP contribution is -2.24. The van der Waals surface area contributed by atoms with Gasteiger partial charge in [-0.1, -0.05) is 23.2 Å². The van der Waals surface area contributed by atoms with Gasteiger partial charge in [-0.25, -0.2) is 0 Å². The van der Waals surface area contributed by atoms with E-state index in [-0.39, 0.29) is 5.91 Å². The number of nitrogens with one attached hydrogen (secondary N) is 1. The molecule has 16 heavy (non-hydrogen) atoms. The predicted molar refractivity (Wildman–Crippen MR) is 66.9 cm³/mol. The maximum Gasteiger partial charge on any atom is 0.252 e. The predicted octanol–water partition coefficient (Wildman–Crippen LogP) is 3.14. The smallest absolute Gasteiger partial charge is 0.252 e. The van der Waals surface area contributed by atoms with Gasteiger partial charge in [-0.05, 0) is 24.6 Å². The monoisotopic (exact) mass is 255 g/mol. The van der Waals surface area contributed by atoms with Crippen LogP contribution in [0.1, 0.15) is 23.2 Å². The van der Waals surface area contributed by atoms with E-state index in [0.717, 1.165) is 6.42 Å². The largest absolute Gasteiger partial charge is 0.352 e. The van der Waals surface area contributed by atoms with Crippen LogP contribution in [0.25, 0.3) is 0 Å². The molecule has 0 unspecified atom stereocenters. The maximum absolute atomic E-state index is 11.6. The molecular formula is C12H11Cl2NO. The van der Waals surface area contributed by atoms with Crippen LogP contribution in [0.3, 0.4) is 0 Å². The summed E-state index contributed by atoms with van der Waals surface area (Å²) in [5, 5.41) is 3.59.